The second-order valence-electron chi connectivity index (χ2n) is 4.97. The van der Waals surface area contributed by atoms with Gasteiger partial charge in [0.1, 0.15) is 0 Å². The van der Waals surface area contributed by atoms with Crippen molar-refractivity contribution in [2.45, 2.75) is 31.1 Å². The van der Waals surface area contributed by atoms with Crippen LogP contribution in [0.1, 0.15) is 24.5 Å². The minimum atomic E-state index is -3.29. The number of morpholine rings is 1. The van der Waals surface area contributed by atoms with Gasteiger partial charge in [0.05, 0.1) is 18.5 Å². The molecule has 1 unspecified atom stereocenters. The molecule has 1 heterocycles. The summed E-state index contributed by atoms with van der Waals surface area (Å²) in [5.74, 6) is 0.414. The van der Waals surface area contributed by atoms with Crippen LogP contribution < -0.4 is 0 Å². The maximum Gasteiger partial charge on any atom is 0.218 e. The molecular weight excluding hydrogens is 298 g/mol. The van der Waals surface area contributed by atoms with E-state index in [-0.39, 0.29) is 11.9 Å². The van der Waals surface area contributed by atoms with Gasteiger partial charge in [-0.3, -0.25) is 0 Å². The molecule has 6 heteroatoms. The number of alkyl halides is 1. The maximum atomic E-state index is 12.5. The van der Waals surface area contributed by atoms with E-state index in [9.17, 15) is 8.42 Å². The summed E-state index contributed by atoms with van der Waals surface area (Å²) >= 11 is 5.78. The highest BCUT2D eigenvalue weighted by atomic mass is 35.5. The van der Waals surface area contributed by atoms with E-state index in [1.165, 1.54) is 4.31 Å². The number of benzene rings is 1. The second-order valence-corrected chi connectivity index (χ2v) is 7.21. The third-order valence-corrected chi connectivity index (χ3v) is 5.57. The van der Waals surface area contributed by atoms with Crippen molar-refractivity contribution in [2.24, 2.45) is 0 Å². The molecule has 112 valence electrons. The Balaban J connectivity index is 2.10. The largest absolute Gasteiger partial charge is 0.375 e. The van der Waals surface area contributed by atoms with E-state index in [0.29, 0.717) is 25.6 Å². The van der Waals surface area contributed by atoms with Gasteiger partial charge in [-0.05, 0) is 17.5 Å². The molecule has 1 fully saturated rings. The smallest absolute Gasteiger partial charge is 0.218 e. The molecule has 0 radical (unpaired) electrons. The predicted octanol–water partition coefficient (Wildman–Crippen LogP) is 2.37. The molecule has 0 bridgehead atoms. The quantitative estimate of drug-likeness (QED) is 0.783. The number of sulfonamides is 1. The Morgan fingerprint density at radius 2 is 2.15 bits per heavy atom. The van der Waals surface area contributed by atoms with Crippen LogP contribution in [0, 0.1) is 0 Å². The van der Waals surface area contributed by atoms with Crippen LogP contribution >= 0.6 is 11.6 Å². The molecule has 2 rings (SSSR count). The van der Waals surface area contributed by atoms with Gasteiger partial charge in [-0.15, -0.1) is 11.6 Å². The van der Waals surface area contributed by atoms with E-state index >= 15 is 0 Å². The molecular formula is C14H20ClNO3S. The summed E-state index contributed by atoms with van der Waals surface area (Å²) < 4.78 is 32.0. The fraction of sp³-hybridized carbons (Fsp3) is 0.571. The molecule has 0 aromatic heterocycles. The molecule has 0 spiro atoms. The highest BCUT2D eigenvalue weighted by Crippen LogP contribution is 2.17. The monoisotopic (exact) mass is 317 g/mol. The van der Waals surface area contributed by atoms with Crippen LogP contribution in [0.2, 0.25) is 0 Å². The van der Waals surface area contributed by atoms with Gasteiger partial charge in [-0.2, -0.15) is 4.31 Å². The van der Waals surface area contributed by atoms with Gasteiger partial charge in [-0.25, -0.2) is 8.42 Å². The van der Waals surface area contributed by atoms with Crippen molar-refractivity contribution in [3.8, 4) is 0 Å². The lowest BCUT2D eigenvalue weighted by atomic mass is 10.2. The first-order chi connectivity index (χ1) is 9.55. The number of halogens is 1. The number of nitrogens with zero attached hydrogens (tertiary/aromatic N) is 1. The Morgan fingerprint density at radius 3 is 2.85 bits per heavy atom. The molecule has 4 nitrogen and oxygen atoms in total. The summed E-state index contributed by atoms with van der Waals surface area (Å²) in [6.07, 6.45) is 0.834. The van der Waals surface area contributed by atoms with Gasteiger partial charge in [-0.1, -0.05) is 31.2 Å². The molecule has 1 atom stereocenters. The van der Waals surface area contributed by atoms with Gasteiger partial charge in [0.2, 0.25) is 10.0 Å². The van der Waals surface area contributed by atoms with Crippen molar-refractivity contribution in [2.75, 3.05) is 19.7 Å². The zero-order valence-electron chi connectivity index (χ0n) is 11.6. The summed E-state index contributed by atoms with van der Waals surface area (Å²) in [7, 11) is -3.29. The normalized spacial score (nSPS) is 21.0. The lowest BCUT2D eigenvalue weighted by molar-refractivity contribution is -0.00282. The van der Waals surface area contributed by atoms with Crippen LogP contribution in [0.15, 0.2) is 24.3 Å². The minimum Gasteiger partial charge on any atom is -0.375 e. The van der Waals surface area contributed by atoms with Crippen LogP contribution in [0.4, 0.5) is 0 Å². The average molecular weight is 318 g/mol. The van der Waals surface area contributed by atoms with Gasteiger partial charge in [0.25, 0.3) is 0 Å². The van der Waals surface area contributed by atoms with Gasteiger partial charge >= 0.3 is 0 Å². The maximum absolute atomic E-state index is 12.5. The van der Waals surface area contributed by atoms with Crippen LogP contribution in [0.3, 0.4) is 0 Å². The second kappa shape index (κ2) is 6.89. The highest BCUT2D eigenvalue weighted by molar-refractivity contribution is 7.88. The molecule has 1 aliphatic rings. The van der Waals surface area contributed by atoms with E-state index in [1.54, 1.807) is 0 Å². The molecule has 0 N–H and O–H groups in total. The Bertz CT molecular complexity index is 547. The van der Waals surface area contributed by atoms with Crippen molar-refractivity contribution in [1.82, 2.24) is 4.31 Å². The standard InChI is InChI=1S/C14H20ClNO3S/c1-2-14-10-16(6-7-19-14)20(17,18)11-13-5-3-4-12(8-13)9-15/h3-5,8,14H,2,6-7,9-11H2,1H3. The number of ether oxygens (including phenoxy) is 1. The van der Waals surface area contributed by atoms with Crippen molar-refractivity contribution >= 4 is 21.6 Å². The minimum absolute atomic E-state index is 0.00713. The fourth-order valence-corrected chi connectivity index (χ4v) is 3.99. The summed E-state index contributed by atoms with van der Waals surface area (Å²) in [4.78, 5) is 0. The first kappa shape index (κ1) is 15.8. The molecule has 1 aliphatic heterocycles. The molecule has 0 amide bonds. The first-order valence-corrected chi connectivity index (χ1v) is 8.92. The predicted molar refractivity (Wildman–Crippen MR) is 80.2 cm³/mol. The van der Waals surface area contributed by atoms with Gasteiger partial charge < -0.3 is 4.74 Å². The van der Waals surface area contributed by atoms with Crippen LogP contribution in [0.5, 0.6) is 0 Å². The van der Waals surface area contributed by atoms with Crippen LogP contribution in [0.25, 0.3) is 0 Å². The number of hydrogen-bond acceptors (Lipinski definition) is 3. The number of hydrogen-bond donors (Lipinski definition) is 0. The van der Waals surface area contributed by atoms with Gasteiger partial charge in [0.15, 0.2) is 0 Å². The molecule has 1 aromatic rings. The van der Waals surface area contributed by atoms with E-state index in [4.69, 9.17) is 16.3 Å². The molecule has 0 aliphatic carbocycles. The third kappa shape index (κ3) is 3.95. The molecule has 1 saturated heterocycles. The van der Waals surface area contributed by atoms with Crippen molar-refractivity contribution in [3.63, 3.8) is 0 Å². The fourth-order valence-electron chi connectivity index (χ4n) is 2.30. The molecule has 0 saturated carbocycles. The molecule has 1 aromatic carbocycles. The van der Waals surface area contributed by atoms with Crippen molar-refractivity contribution in [3.05, 3.63) is 35.4 Å². The van der Waals surface area contributed by atoms with Crippen molar-refractivity contribution in [1.29, 1.82) is 0 Å². The highest BCUT2D eigenvalue weighted by Gasteiger charge is 2.28. The zero-order valence-corrected chi connectivity index (χ0v) is 13.2. The lowest BCUT2D eigenvalue weighted by Gasteiger charge is -2.31. The average Bonchev–Trinajstić information content (AvgIpc) is 2.47. The summed E-state index contributed by atoms with van der Waals surface area (Å²) in [5.41, 5.74) is 1.72. The van der Waals surface area contributed by atoms with E-state index < -0.39 is 10.0 Å². The Morgan fingerprint density at radius 1 is 1.40 bits per heavy atom. The Labute approximate surface area is 125 Å². The summed E-state index contributed by atoms with van der Waals surface area (Å²) in [5, 5.41) is 0. The third-order valence-electron chi connectivity index (χ3n) is 3.45. The van der Waals surface area contributed by atoms with E-state index in [0.717, 1.165) is 17.5 Å². The summed E-state index contributed by atoms with van der Waals surface area (Å²) in [6.45, 7) is 3.37. The van der Waals surface area contributed by atoms with Crippen molar-refractivity contribution < 1.29 is 13.2 Å². The van der Waals surface area contributed by atoms with Crippen LogP contribution in [-0.2, 0) is 26.4 Å². The SMILES string of the molecule is CCC1CN(S(=O)(=O)Cc2cccc(CCl)c2)CCO1. The lowest BCUT2D eigenvalue weighted by Crippen LogP contribution is -2.45. The topological polar surface area (TPSA) is 46.6 Å². The molecule has 20 heavy (non-hydrogen) atoms. The first-order valence-electron chi connectivity index (χ1n) is 6.78. The van der Waals surface area contributed by atoms with Crippen LogP contribution in [-0.4, -0.2) is 38.5 Å². The summed E-state index contributed by atoms with van der Waals surface area (Å²) in [6, 6.07) is 7.41. The van der Waals surface area contributed by atoms with Gasteiger partial charge in [0, 0.05) is 19.0 Å². The zero-order chi connectivity index (χ0) is 14.6. The number of rotatable bonds is 5. The van der Waals surface area contributed by atoms with E-state index in [2.05, 4.69) is 0 Å². The Hall–Kier alpha value is -0.620. The Kier molecular flexibility index (Phi) is 5.43. The van der Waals surface area contributed by atoms with E-state index in [1.807, 2.05) is 31.2 Å².